The van der Waals surface area contributed by atoms with Gasteiger partial charge in [-0.05, 0) is 22.0 Å². The van der Waals surface area contributed by atoms with Gasteiger partial charge in [0.1, 0.15) is 11.6 Å². The van der Waals surface area contributed by atoms with Crippen LogP contribution in [0.15, 0.2) is 29.0 Å². The lowest BCUT2D eigenvalue weighted by atomic mass is 10.3. The lowest BCUT2D eigenvalue weighted by Crippen LogP contribution is -2.01. The Kier molecular flexibility index (Phi) is 3.96. The number of ether oxygens (including phenoxy) is 1. The Bertz CT molecular complexity index is 637. The second-order valence-corrected chi connectivity index (χ2v) is 4.61. The van der Waals surface area contributed by atoms with E-state index in [9.17, 15) is 9.18 Å². The van der Waals surface area contributed by atoms with Crippen LogP contribution in [0.1, 0.15) is 10.5 Å². The first-order valence-electron chi connectivity index (χ1n) is 4.85. The van der Waals surface area contributed by atoms with Crippen LogP contribution in [-0.4, -0.2) is 21.0 Å². The van der Waals surface area contributed by atoms with E-state index < -0.39 is 11.8 Å². The van der Waals surface area contributed by atoms with Gasteiger partial charge in [0.15, 0.2) is 5.69 Å². The molecule has 0 saturated carbocycles. The van der Waals surface area contributed by atoms with Gasteiger partial charge in [-0.3, -0.25) is 0 Å². The lowest BCUT2D eigenvalue weighted by molar-refractivity contribution is 0.0690. The zero-order valence-corrected chi connectivity index (χ0v) is 11.4. The van der Waals surface area contributed by atoms with Gasteiger partial charge in [-0.15, -0.1) is 0 Å². The minimum absolute atomic E-state index is 0.0347. The van der Waals surface area contributed by atoms with Crippen LogP contribution in [-0.2, 0) is 0 Å². The summed E-state index contributed by atoms with van der Waals surface area (Å²) in [5, 5.41) is 8.61. The van der Waals surface area contributed by atoms with E-state index in [2.05, 4.69) is 25.9 Å². The molecule has 0 saturated heterocycles. The molecular weight excluding hydrogens is 342 g/mol. The smallest absolute Gasteiger partial charge is 0.356 e. The van der Waals surface area contributed by atoms with Gasteiger partial charge in [0, 0.05) is 6.07 Å². The van der Waals surface area contributed by atoms with Crippen molar-refractivity contribution in [2.75, 3.05) is 0 Å². The van der Waals surface area contributed by atoms with Crippen molar-refractivity contribution in [3.05, 3.63) is 45.5 Å². The van der Waals surface area contributed by atoms with Crippen molar-refractivity contribution >= 4 is 33.5 Å². The Morgan fingerprint density at radius 1 is 1.37 bits per heavy atom. The number of carboxylic acid groups (broad SMARTS) is 1. The number of nitrogens with zero attached hydrogens (tertiary/aromatic N) is 2. The normalized spacial score (nSPS) is 10.3. The highest BCUT2D eigenvalue weighted by molar-refractivity contribution is 9.10. The summed E-state index contributed by atoms with van der Waals surface area (Å²) in [5.41, 5.74) is -0.214. The van der Waals surface area contributed by atoms with E-state index in [1.54, 1.807) is 0 Å². The molecule has 2 rings (SSSR count). The molecule has 1 heterocycles. The maximum atomic E-state index is 13.3. The number of carbonyl (C=O) groups is 1. The fourth-order valence-corrected chi connectivity index (χ4v) is 1.89. The Balaban J connectivity index is 2.26. The average molecular weight is 348 g/mol. The third kappa shape index (κ3) is 3.18. The van der Waals surface area contributed by atoms with Crippen LogP contribution in [0.5, 0.6) is 11.6 Å². The Labute approximate surface area is 120 Å². The van der Waals surface area contributed by atoms with Crippen LogP contribution in [0, 0.1) is 5.82 Å². The summed E-state index contributed by atoms with van der Waals surface area (Å²) in [6, 6.07) is 2.42. The topological polar surface area (TPSA) is 72.3 Å². The van der Waals surface area contributed by atoms with Crippen LogP contribution in [0.2, 0.25) is 5.02 Å². The van der Waals surface area contributed by atoms with E-state index in [4.69, 9.17) is 21.4 Å². The van der Waals surface area contributed by atoms with Crippen LogP contribution in [0.25, 0.3) is 0 Å². The van der Waals surface area contributed by atoms with Crippen LogP contribution >= 0.6 is 27.5 Å². The van der Waals surface area contributed by atoms with E-state index in [-0.39, 0.29) is 22.3 Å². The van der Waals surface area contributed by atoms with Crippen molar-refractivity contribution in [3.8, 4) is 11.6 Å². The van der Waals surface area contributed by atoms with Gasteiger partial charge in [0.05, 0.1) is 21.9 Å². The number of aromatic carboxylic acids is 1. The fourth-order valence-electron chi connectivity index (χ4n) is 1.17. The Morgan fingerprint density at radius 3 is 2.68 bits per heavy atom. The molecule has 0 radical (unpaired) electrons. The number of hydrogen-bond donors (Lipinski definition) is 1. The van der Waals surface area contributed by atoms with Crippen molar-refractivity contribution in [2.24, 2.45) is 0 Å². The molecule has 1 aromatic heterocycles. The molecule has 0 aliphatic rings. The molecule has 19 heavy (non-hydrogen) atoms. The number of halogens is 3. The Hall–Kier alpha value is -1.73. The first-order chi connectivity index (χ1) is 8.97. The van der Waals surface area contributed by atoms with Gasteiger partial charge in [-0.1, -0.05) is 11.6 Å². The SMILES string of the molecule is O=C(O)c1cnc(Oc2cc(F)c(Cl)cc2Br)cn1. The van der Waals surface area contributed by atoms with Gasteiger partial charge in [0.2, 0.25) is 5.88 Å². The summed E-state index contributed by atoms with van der Waals surface area (Å²) in [6.07, 6.45) is 2.17. The fraction of sp³-hybridized carbons (Fsp3) is 0. The summed E-state index contributed by atoms with van der Waals surface area (Å²) in [4.78, 5) is 18.0. The quantitative estimate of drug-likeness (QED) is 0.860. The number of carboxylic acids is 1. The number of rotatable bonds is 3. The highest BCUT2D eigenvalue weighted by atomic mass is 79.9. The van der Waals surface area contributed by atoms with Crippen LogP contribution in [0.4, 0.5) is 4.39 Å². The van der Waals surface area contributed by atoms with Crippen molar-refractivity contribution in [2.45, 2.75) is 0 Å². The molecule has 5 nitrogen and oxygen atoms in total. The second-order valence-electron chi connectivity index (χ2n) is 3.34. The lowest BCUT2D eigenvalue weighted by Gasteiger charge is -2.07. The molecular formula is C11H5BrClFN2O3. The molecule has 0 fully saturated rings. The minimum atomic E-state index is -1.20. The molecule has 8 heteroatoms. The number of benzene rings is 1. The summed E-state index contributed by atoms with van der Waals surface area (Å²) in [5.74, 6) is -1.65. The van der Waals surface area contributed by atoms with Crippen LogP contribution in [0.3, 0.4) is 0 Å². The molecule has 0 bridgehead atoms. The minimum Gasteiger partial charge on any atom is -0.476 e. The zero-order valence-electron chi connectivity index (χ0n) is 9.10. The van der Waals surface area contributed by atoms with Crippen molar-refractivity contribution < 1.29 is 19.0 Å². The highest BCUT2D eigenvalue weighted by Crippen LogP contribution is 2.32. The van der Waals surface area contributed by atoms with Gasteiger partial charge in [0.25, 0.3) is 0 Å². The maximum Gasteiger partial charge on any atom is 0.356 e. The number of hydrogen-bond acceptors (Lipinski definition) is 4. The predicted molar refractivity (Wildman–Crippen MR) is 68.2 cm³/mol. The summed E-state index contributed by atoms with van der Waals surface area (Å²) in [6.45, 7) is 0. The zero-order chi connectivity index (χ0) is 14.0. The van der Waals surface area contributed by atoms with E-state index in [1.807, 2.05) is 0 Å². The van der Waals surface area contributed by atoms with Gasteiger partial charge in [-0.2, -0.15) is 0 Å². The van der Waals surface area contributed by atoms with Crippen molar-refractivity contribution in [1.82, 2.24) is 9.97 Å². The van der Waals surface area contributed by atoms with E-state index >= 15 is 0 Å². The van der Waals surface area contributed by atoms with Gasteiger partial charge >= 0.3 is 5.97 Å². The van der Waals surface area contributed by atoms with Crippen LogP contribution < -0.4 is 4.74 Å². The first kappa shape index (κ1) is 13.7. The monoisotopic (exact) mass is 346 g/mol. The third-order valence-corrected chi connectivity index (χ3v) is 2.95. The second kappa shape index (κ2) is 5.50. The van der Waals surface area contributed by atoms with E-state index in [0.29, 0.717) is 4.47 Å². The standard InChI is InChI=1S/C11H5BrClFN2O3/c12-5-1-6(13)7(14)2-9(5)19-10-4-15-8(3-16-10)11(17)18/h1-4H,(H,17,18). The molecule has 2 aromatic rings. The summed E-state index contributed by atoms with van der Waals surface area (Å²) in [7, 11) is 0. The molecule has 1 N–H and O–H groups in total. The largest absolute Gasteiger partial charge is 0.476 e. The first-order valence-corrected chi connectivity index (χ1v) is 6.02. The molecule has 0 atom stereocenters. The maximum absolute atomic E-state index is 13.3. The molecule has 0 aliphatic heterocycles. The summed E-state index contributed by atoms with van der Waals surface area (Å²) >= 11 is 8.75. The molecule has 1 aromatic carbocycles. The third-order valence-electron chi connectivity index (χ3n) is 2.04. The Morgan fingerprint density at radius 2 is 2.11 bits per heavy atom. The van der Waals surface area contributed by atoms with Gasteiger partial charge < -0.3 is 9.84 Å². The molecule has 0 amide bonds. The molecule has 98 valence electrons. The van der Waals surface area contributed by atoms with Crippen molar-refractivity contribution in [3.63, 3.8) is 0 Å². The highest BCUT2D eigenvalue weighted by Gasteiger charge is 2.11. The molecule has 0 spiro atoms. The summed E-state index contributed by atoms with van der Waals surface area (Å²) < 4.78 is 19.0. The van der Waals surface area contributed by atoms with E-state index in [1.165, 1.54) is 6.07 Å². The van der Waals surface area contributed by atoms with E-state index in [0.717, 1.165) is 18.5 Å². The molecule has 0 aliphatic carbocycles. The average Bonchev–Trinajstić information content (AvgIpc) is 2.36. The molecule has 0 unspecified atom stereocenters. The van der Waals surface area contributed by atoms with Gasteiger partial charge in [-0.25, -0.2) is 19.2 Å². The number of aromatic nitrogens is 2. The van der Waals surface area contributed by atoms with Crippen molar-refractivity contribution in [1.29, 1.82) is 0 Å². The predicted octanol–water partition coefficient (Wildman–Crippen LogP) is 3.52.